The summed E-state index contributed by atoms with van der Waals surface area (Å²) in [5.41, 5.74) is 1.70. The highest BCUT2D eigenvalue weighted by molar-refractivity contribution is 7.20. The predicted molar refractivity (Wildman–Crippen MR) is 122 cm³/mol. The normalized spacial score (nSPS) is 18.7. The molecule has 0 bridgehead atoms. The van der Waals surface area contributed by atoms with E-state index < -0.39 is 0 Å². The van der Waals surface area contributed by atoms with Crippen molar-refractivity contribution in [3.63, 3.8) is 0 Å². The van der Waals surface area contributed by atoms with Gasteiger partial charge in [0.15, 0.2) is 5.78 Å². The van der Waals surface area contributed by atoms with Crippen LogP contribution in [0.5, 0.6) is 5.75 Å². The lowest BCUT2D eigenvalue weighted by Gasteiger charge is -2.31. The Bertz CT molecular complexity index is 1060. The number of hydrogen-bond donors (Lipinski definition) is 2. The Kier molecular flexibility index (Phi) is 6.04. The Morgan fingerprint density at radius 1 is 1.07 bits per heavy atom. The molecule has 1 heterocycles. The fraction of sp³-hybridized carbons (Fsp3) is 0.333. The lowest BCUT2D eigenvalue weighted by Crippen LogP contribution is -2.41. The van der Waals surface area contributed by atoms with E-state index in [0.29, 0.717) is 5.56 Å². The third kappa shape index (κ3) is 4.49. The van der Waals surface area contributed by atoms with Crippen molar-refractivity contribution in [1.29, 1.82) is 0 Å². The molecule has 6 heteroatoms. The Labute approximate surface area is 180 Å². The zero-order chi connectivity index (χ0) is 21.1. The van der Waals surface area contributed by atoms with E-state index in [1.165, 1.54) is 11.3 Å². The second-order valence-corrected chi connectivity index (χ2v) is 8.87. The van der Waals surface area contributed by atoms with Gasteiger partial charge in [-0.3, -0.25) is 9.59 Å². The summed E-state index contributed by atoms with van der Waals surface area (Å²) < 4.78 is 6.27. The molecule has 1 amide bonds. The van der Waals surface area contributed by atoms with Crippen molar-refractivity contribution in [2.75, 3.05) is 12.4 Å². The number of thiophene rings is 1. The van der Waals surface area contributed by atoms with Crippen molar-refractivity contribution in [1.82, 2.24) is 5.32 Å². The van der Waals surface area contributed by atoms with Crippen LogP contribution in [0.1, 0.15) is 52.6 Å². The van der Waals surface area contributed by atoms with E-state index in [9.17, 15) is 9.59 Å². The minimum absolute atomic E-state index is 0.0469. The van der Waals surface area contributed by atoms with Crippen molar-refractivity contribution < 1.29 is 14.3 Å². The van der Waals surface area contributed by atoms with Crippen LogP contribution in [0.15, 0.2) is 48.5 Å². The van der Waals surface area contributed by atoms with Gasteiger partial charge in [-0.05, 0) is 75.1 Å². The van der Waals surface area contributed by atoms with E-state index in [2.05, 4.69) is 22.8 Å². The molecule has 1 fully saturated rings. The Morgan fingerprint density at radius 2 is 1.83 bits per heavy atom. The minimum atomic E-state index is -0.0469. The number of nitrogens with one attached hydrogen (secondary N) is 2. The van der Waals surface area contributed by atoms with Crippen LogP contribution in [-0.2, 0) is 0 Å². The van der Waals surface area contributed by atoms with Crippen LogP contribution in [0.2, 0.25) is 0 Å². The molecular weight excluding hydrogens is 396 g/mol. The molecule has 2 aromatic carbocycles. The maximum Gasteiger partial charge on any atom is 0.251 e. The first-order valence-corrected chi connectivity index (χ1v) is 11.1. The molecule has 2 atom stereocenters. The molecule has 156 valence electrons. The number of carbonyl (C=O) groups is 2. The second-order valence-electron chi connectivity index (χ2n) is 7.79. The van der Waals surface area contributed by atoms with E-state index in [1.807, 2.05) is 12.1 Å². The van der Waals surface area contributed by atoms with E-state index in [-0.39, 0.29) is 23.8 Å². The molecule has 0 spiro atoms. The summed E-state index contributed by atoms with van der Waals surface area (Å²) in [5, 5.41) is 7.94. The van der Waals surface area contributed by atoms with Gasteiger partial charge in [0.1, 0.15) is 5.75 Å². The van der Waals surface area contributed by atoms with Crippen molar-refractivity contribution in [2.24, 2.45) is 0 Å². The molecule has 4 rings (SSSR count). The highest BCUT2D eigenvalue weighted by Crippen LogP contribution is 2.33. The lowest BCUT2D eigenvalue weighted by molar-refractivity contribution is 0.0925. The Morgan fingerprint density at radius 3 is 2.57 bits per heavy atom. The molecule has 0 saturated heterocycles. The van der Waals surface area contributed by atoms with Gasteiger partial charge in [0.2, 0.25) is 0 Å². The largest absolute Gasteiger partial charge is 0.497 e. The number of ether oxygens (including phenoxy) is 1. The van der Waals surface area contributed by atoms with Gasteiger partial charge in [0.05, 0.1) is 12.0 Å². The molecule has 3 aromatic rings. The zero-order valence-corrected chi connectivity index (χ0v) is 18.1. The molecule has 1 saturated carbocycles. The van der Waals surface area contributed by atoms with Crippen LogP contribution < -0.4 is 15.4 Å². The van der Waals surface area contributed by atoms with Crippen LogP contribution in [0.3, 0.4) is 0 Å². The average molecular weight is 423 g/mol. The number of methoxy groups -OCH3 is 1. The van der Waals surface area contributed by atoms with Gasteiger partial charge in [-0.15, -0.1) is 11.3 Å². The number of rotatable bonds is 6. The van der Waals surface area contributed by atoms with Crippen molar-refractivity contribution >= 4 is 38.8 Å². The minimum Gasteiger partial charge on any atom is -0.497 e. The molecule has 0 radical (unpaired) electrons. The number of anilines is 1. The number of benzene rings is 2. The third-order valence-electron chi connectivity index (χ3n) is 5.63. The first-order chi connectivity index (χ1) is 14.5. The summed E-state index contributed by atoms with van der Waals surface area (Å²) in [4.78, 5) is 25.2. The number of fused-ring (bicyclic) bond motifs is 1. The average Bonchev–Trinajstić information content (AvgIpc) is 3.20. The summed E-state index contributed by atoms with van der Waals surface area (Å²) >= 11 is 1.54. The molecule has 1 aliphatic carbocycles. The number of amides is 1. The van der Waals surface area contributed by atoms with Crippen LogP contribution in [0.4, 0.5) is 5.69 Å². The summed E-state index contributed by atoms with van der Waals surface area (Å²) in [5.74, 6) is 0.791. The number of ketones is 1. The lowest BCUT2D eigenvalue weighted by atomic mass is 9.90. The first kappa shape index (κ1) is 20.4. The summed E-state index contributed by atoms with van der Waals surface area (Å²) in [6, 6.07) is 15.7. The fourth-order valence-electron chi connectivity index (χ4n) is 4.04. The summed E-state index contributed by atoms with van der Waals surface area (Å²) in [6.07, 6.45) is 3.98. The van der Waals surface area contributed by atoms with Crippen molar-refractivity contribution in [3.05, 3.63) is 59.0 Å². The van der Waals surface area contributed by atoms with Gasteiger partial charge in [0.25, 0.3) is 5.91 Å². The topological polar surface area (TPSA) is 67.4 Å². The van der Waals surface area contributed by atoms with E-state index in [0.717, 1.165) is 52.1 Å². The molecule has 2 N–H and O–H groups in total. The van der Waals surface area contributed by atoms with Gasteiger partial charge in [-0.2, -0.15) is 0 Å². The smallest absolute Gasteiger partial charge is 0.251 e. The van der Waals surface area contributed by atoms with E-state index in [4.69, 9.17) is 4.74 Å². The van der Waals surface area contributed by atoms with Gasteiger partial charge in [0, 0.05) is 33.4 Å². The van der Waals surface area contributed by atoms with Crippen LogP contribution >= 0.6 is 11.3 Å². The van der Waals surface area contributed by atoms with E-state index in [1.54, 1.807) is 38.3 Å². The van der Waals surface area contributed by atoms with E-state index >= 15 is 0 Å². The molecule has 0 unspecified atom stereocenters. The highest BCUT2D eigenvalue weighted by atomic mass is 32.1. The van der Waals surface area contributed by atoms with Crippen LogP contribution in [0.25, 0.3) is 10.1 Å². The number of carbonyl (C=O) groups excluding carboxylic acids is 2. The fourth-order valence-corrected chi connectivity index (χ4v) is 5.03. The summed E-state index contributed by atoms with van der Waals surface area (Å²) in [7, 11) is 1.61. The Hall–Kier alpha value is -2.86. The maximum absolute atomic E-state index is 12.6. The number of Topliss-reactive ketones (excluding diaryl/α,β-unsaturated/α-hetero) is 1. The Balaban J connectivity index is 1.42. The quantitative estimate of drug-likeness (QED) is 0.531. The third-order valence-corrected chi connectivity index (χ3v) is 6.83. The first-order valence-electron chi connectivity index (χ1n) is 10.3. The standard InChI is InChI=1S/C24H26N2O3S/c1-15(27)23-14-20-21(7-4-8-22(20)30-23)25-17-5-3-6-18(13-17)26-24(28)16-9-11-19(29-2)12-10-16/h4,7-12,14,17-18,25H,3,5-6,13H2,1-2H3,(H,26,28)/t17-,18+/m0/s1. The van der Waals surface area contributed by atoms with Gasteiger partial charge >= 0.3 is 0 Å². The molecule has 5 nitrogen and oxygen atoms in total. The van der Waals surface area contributed by atoms with Crippen molar-refractivity contribution in [2.45, 2.75) is 44.7 Å². The summed E-state index contributed by atoms with van der Waals surface area (Å²) in [6.45, 7) is 1.61. The molecule has 1 aromatic heterocycles. The molecule has 30 heavy (non-hydrogen) atoms. The second kappa shape index (κ2) is 8.88. The van der Waals surface area contributed by atoms with Gasteiger partial charge in [-0.1, -0.05) is 6.07 Å². The van der Waals surface area contributed by atoms with Crippen LogP contribution in [-0.4, -0.2) is 30.9 Å². The van der Waals surface area contributed by atoms with Gasteiger partial charge in [-0.25, -0.2) is 0 Å². The number of hydrogen-bond acceptors (Lipinski definition) is 5. The zero-order valence-electron chi connectivity index (χ0n) is 17.2. The SMILES string of the molecule is COc1ccc(C(=O)N[C@@H]2CCC[C@H](Nc3cccc4sc(C(C)=O)cc34)C2)cc1. The molecular formula is C24H26N2O3S. The van der Waals surface area contributed by atoms with Crippen molar-refractivity contribution in [3.8, 4) is 5.75 Å². The van der Waals surface area contributed by atoms with Gasteiger partial charge < -0.3 is 15.4 Å². The predicted octanol–water partition coefficient (Wildman–Crippen LogP) is 5.27. The highest BCUT2D eigenvalue weighted by Gasteiger charge is 2.24. The molecule has 0 aliphatic heterocycles. The maximum atomic E-state index is 12.6. The van der Waals surface area contributed by atoms with Crippen LogP contribution in [0, 0.1) is 0 Å². The monoisotopic (exact) mass is 422 g/mol. The molecule has 1 aliphatic rings.